The summed E-state index contributed by atoms with van der Waals surface area (Å²) in [5.74, 6) is 0.715. The number of hydrogen-bond donors (Lipinski definition) is 1. The van der Waals surface area contributed by atoms with Gasteiger partial charge in [0.1, 0.15) is 0 Å². The van der Waals surface area contributed by atoms with Crippen LogP contribution in [0.3, 0.4) is 0 Å². The van der Waals surface area contributed by atoms with Crippen LogP contribution in [-0.4, -0.2) is 52.2 Å². The molecule has 17 heavy (non-hydrogen) atoms. The average molecular weight is 243 g/mol. The Kier molecular flexibility index (Phi) is 6.27. The van der Waals surface area contributed by atoms with Crippen LogP contribution in [0.4, 0.5) is 0 Å². The molecule has 0 radical (unpaired) electrons. The third kappa shape index (κ3) is 5.34. The van der Waals surface area contributed by atoms with Gasteiger partial charge in [0.15, 0.2) is 0 Å². The van der Waals surface area contributed by atoms with Crippen molar-refractivity contribution in [2.75, 3.05) is 46.2 Å². The fourth-order valence-electron chi connectivity index (χ4n) is 2.40. The zero-order valence-electron chi connectivity index (χ0n) is 10.7. The van der Waals surface area contributed by atoms with Gasteiger partial charge in [-0.15, -0.1) is 0 Å². The minimum Gasteiger partial charge on any atom is -0.381 e. The van der Waals surface area contributed by atoms with Gasteiger partial charge in [-0.1, -0.05) is 0 Å². The van der Waals surface area contributed by atoms with Crippen molar-refractivity contribution in [3.63, 3.8) is 0 Å². The lowest BCUT2D eigenvalue weighted by atomic mass is 10.0. The number of nitrogens with one attached hydrogen (secondary N) is 1. The van der Waals surface area contributed by atoms with Crippen LogP contribution in [-0.2, 0) is 14.2 Å². The van der Waals surface area contributed by atoms with E-state index in [0.29, 0.717) is 12.0 Å². The maximum absolute atomic E-state index is 5.71. The standard InChI is InChI=1S/C13H25NO3/c1-6-15-7-2-12(1)11-17-10-5-14-13-3-8-16-9-4-13/h12-14H,1-11H2. The fourth-order valence-corrected chi connectivity index (χ4v) is 2.40. The molecule has 2 fully saturated rings. The smallest absolute Gasteiger partial charge is 0.0591 e. The van der Waals surface area contributed by atoms with Gasteiger partial charge < -0.3 is 19.5 Å². The molecular weight excluding hydrogens is 218 g/mol. The van der Waals surface area contributed by atoms with Crippen molar-refractivity contribution in [3.05, 3.63) is 0 Å². The summed E-state index contributed by atoms with van der Waals surface area (Å²) in [5.41, 5.74) is 0. The van der Waals surface area contributed by atoms with Crippen LogP contribution in [0.15, 0.2) is 0 Å². The summed E-state index contributed by atoms with van der Waals surface area (Å²) in [4.78, 5) is 0. The lowest BCUT2D eigenvalue weighted by molar-refractivity contribution is 0.0198. The zero-order chi connectivity index (χ0) is 11.8. The van der Waals surface area contributed by atoms with E-state index < -0.39 is 0 Å². The average Bonchev–Trinajstić information content (AvgIpc) is 2.41. The molecule has 0 aromatic carbocycles. The summed E-state index contributed by atoms with van der Waals surface area (Å²) in [6, 6.07) is 0.635. The van der Waals surface area contributed by atoms with Gasteiger partial charge in [0, 0.05) is 45.6 Å². The molecule has 0 atom stereocenters. The molecule has 0 aromatic heterocycles. The van der Waals surface area contributed by atoms with Crippen molar-refractivity contribution in [3.8, 4) is 0 Å². The van der Waals surface area contributed by atoms with Crippen LogP contribution < -0.4 is 5.32 Å². The van der Waals surface area contributed by atoms with Crippen LogP contribution >= 0.6 is 0 Å². The monoisotopic (exact) mass is 243 g/mol. The molecule has 0 saturated carbocycles. The van der Waals surface area contributed by atoms with Gasteiger partial charge >= 0.3 is 0 Å². The Bertz CT molecular complexity index is 169. The summed E-state index contributed by atoms with van der Waals surface area (Å²) in [7, 11) is 0. The maximum Gasteiger partial charge on any atom is 0.0591 e. The summed E-state index contributed by atoms with van der Waals surface area (Å²) in [6.07, 6.45) is 4.60. The second kappa shape index (κ2) is 8.03. The summed E-state index contributed by atoms with van der Waals surface area (Å²) < 4.78 is 16.4. The lowest BCUT2D eigenvalue weighted by Crippen LogP contribution is -2.36. The molecule has 0 amide bonds. The Balaban J connectivity index is 1.42. The molecule has 0 bridgehead atoms. The minimum atomic E-state index is 0.635. The predicted molar refractivity (Wildman–Crippen MR) is 66.2 cm³/mol. The molecule has 0 aromatic rings. The lowest BCUT2D eigenvalue weighted by Gasteiger charge is -2.24. The molecule has 0 unspecified atom stereocenters. The van der Waals surface area contributed by atoms with Crippen LogP contribution in [0.1, 0.15) is 25.7 Å². The molecule has 0 spiro atoms. The molecule has 2 aliphatic rings. The van der Waals surface area contributed by atoms with Gasteiger partial charge in [-0.25, -0.2) is 0 Å². The zero-order valence-corrected chi connectivity index (χ0v) is 10.7. The molecule has 2 saturated heterocycles. The summed E-state index contributed by atoms with van der Waals surface area (Å²) in [5, 5.41) is 3.53. The first-order chi connectivity index (χ1) is 8.45. The van der Waals surface area contributed by atoms with Crippen molar-refractivity contribution < 1.29 is 14.2 Å². The highest BCUT2D eigenvalue weighted by atomic mass is 16.5. The van der Waals surface area contributed by atoms with Crippen molar-refractivity contribution in [2.45, 2.75) is 31.7 Å². The first-order valence-electron chi connectivity index (χ1n) is 6.92. The van der Waals surface area contributed by atoms with Gasteiger partial charge in [0.05, 0.1) is 6.61 Å². The van der Waals surface area contributed by atoms with Crippen molar-refractivity contribution in [1.29, 1.82) is 0 Å². The van der Waals surface area contributed by atoms with E-state index in [0.717, 1.165) is 71.9 Å². The van der Waals surface area contributed by atoms with Gasteiger partial charge in [0.2, 0.25) is 0 Å². The Morgan fingerprint density at radius 2 is 1.59 bits per heavy atom. The van der Waals surface area contributed by atoms with E-state index >= 15 is 0 Å². The van der Waals surface area contributed by atoms with E-state index in [1.807, 2.05) is 0 Å². The van der Waals surface area contributed by atoms with E-state index in [4.69, 9.17) is 14.2 Å². The third-order valence-corrected chi connectivity index (χ3v) is 3.60. The number of rotatable bonds is 6. The number of hydrogen-bond acceptors (Lipinski definition) is 4. The first-order valence-corrected chi connectivity index (χ1v) is 6.92. The SMILES string of the molecule is C(COCC1CCOCC1)NC1CCOCC1. The Morgan fingerprint density at radius 1 is 0.941 bits per heavy atom. The molecule has 4 nitrogen and oxygen atoms in total. The largest absolute Gasteiger partial charge is 0.381 e. The Morgan fingerprint density at radius 3 is 2.29 bits per heavy atom. The van der Waals surface area contributed by atoms with Crippen LogP contribution in [0.5, 0.6) is 0 Å². The van der Waals surface area contributed by atoms with Gasteiger partial charge in [-0.2, -0.15) is 0 Å². The summed E-state index contributed by atoms with van der Waals surface area (Å²) in [6.45, 7) is 6.32. The highest BCUT2D eigenvalue weighted by Gasteiger charge is 2.14. The van der Waals surface area contributed by atoms with Crippen LogP contribution in [0.2, 0.25) is 0 Å². The first kappa shape index (κ1) is 13.3. The predicted octanol–water partition coefficient (Wildman–Crippen LogP) is 1.20. The molecule has 2 aliphatic heterocycles. The van der Waals surface area contributed by atoms with Crippen molar-refractivity contribution >= 4 is 0 Å². The number of ether oxygens (including phenoxy) is 3. The molecule has 0 aliphatic carbocycles. The van der Waals surface area contributed by atoms with E-state index in [2.05, 4.69) is 5.32 Å². The highest BCUT2D eigenvalue weighted by Crippen LogP contribution is 2.14. The molecule has 2 rings (SSSR count). The summed E-state index contributed by atoms with van der Waals surface area (Å²) >= 11 is 0. The van der Waals surface area contributed by atoms with Gasteiger partial charge in [0.25, 0.3) is 0 Å². The second-order valence-electron chi connectivity index (χ2n) is 4.97. The normalized spacial score (nSPS) is 24.0. The second-order valence-corrected chi connectivity index (χ2v) is 4.97. The fraction of sp³-hybridized carbons (Fsp3) is 1.00. The quantitative estimate of drug-likeness (QED) is 0.712. The van der Waals surface area contributed by atoms with Crippen LogP contribution in [0, 0.1) is 5.92 Å². The molecule has 2 heterocycles. The minimum absolute atomic E-state index is 0.635. The van der Waals surface area contributed by atoms with Crippen molar-refractivity contribution in [2.24, 2.45) is 5.92 Å². The molecule has 1 N–H and O–H groups in total. The maximum atomic E-state index is 5.71. The van der Waals surface area contributed by atoms with E-state index in [-0.39, 0.29) is 0 Å². The molecule has 4 heteroatoms. The Hall–Kier alpha value is -0.160. The Labute approximate surface area is 104 Å². The van der Waals surface area contributed by atoms with Gasteiger partial charge in [-0.3, -0.25) is 0 Å². The van der Waals surface area contributed by atoms with Crippen molar-refractivity contribution in [1.82, 2.24) is 5.32 Å². The van der Waals surface area contributed by atoms with Gasteiger partial charge in [-0.05, 0) is 31.6 Å². The topological polar surface area (TPSA) is 39.7 Å². The van der Waals surface area contributed by atoms with E-state index in [1.54, 1.807) is 0 Å². The molecular formula is C13H25NO3. The molecule has 100 valence electrons. The van der Waals surface area contributed by atoms with E-state index in [1.165, 1.54) is 0 Å². The van der Waals surface area contributed by atoms with E-state index in [9.17, 15) is 0 Å². The third-order valence-electron chi connectivity index (χ3n) is 3.60. The highest BCUT2D eigenvalue weighted by molar-refractivity contribution is 4.69. The van der Waals surface area contributed by atoms with Crippen LogP contribution in [0.25, 0.3) is 0 Å².